The smallest absolute Gasteiger partial charge is 0.411 e. The Morgan fingerprint density at radius 3 is 2.17 bits per heavy atom. The number of alkyl halides is 2. The first-order valence-corrected chi connectivity index (χ1v) is 7.32. The lowest BCUT2D eigenvalue weighted by molar-refractivity contribution is -0.383. The lowest BCUT2D eigenvalue weighted by atomic mass is 10.2. The van der Waals surface area contributed by atoms with Crippen LogP contribution in [-0.2, 0) is 9.47 Å². The SMILES string of the molecule is O=C(Nc1ccc(NC(=O)OCCCl)c([N+](=O)[O-])c1)OCCCl. The molecule has 1 aromatic rings. The van der Waals surface area contributed by atoms with Gasteiger partial charge in [-0.2, -0.15) is 0 Å². The van der Waals surface area contributed by atoms with Crippen molar-refractivity contribution in [1.82, 2.24) is 0 Å². The average molecular weight is 366 g/mol. The molecule has 23 heavy (non-hydrogen) atoms. The van der Waals surface area contributed by atoms with Gasteiger partial charge in [-0.15, -0.1) is 23.2 Å². The van der Waals surface area contributed by atoms with Gasteiger partial charge in [0.2, 0.25) is 0 Å². The molecule has 0 unspecified atom stereocenters. The van der Waals surface area contributed by atoms with Gasteiger partial charge in [0.15, 0.2) is 0 Å². The number of nitro groups is 1. The first kappa shape index (κ1) is 18.8. The highest BCUT2D eigenvalue weighted by Crippen LogP contribution is 2.28. The summed E-state index contributed by atoms with van der Waals surface area (Å²) in [6.45, 7) is -0.0330. The molecule has 9 nitrogen and oxygen atoms in total. The van der Waals surface area contributed by atoms with E-state index in [4.69, 9.17) is 23.2 Å². The van der Waals surface area contributed by atoms with Crippen LogP contribution >= 0.6 is 23.2 Å². The number of hydrogen-bond donors (Lipinski definition) is 2. The second kappa shape index (κ2) is 9.70. The predicted octanol–water partition coefficient (Wildman–Crippen LogP) is 3.17. The Bertz CT molecular complexity index is 584. The molecule has 126 valence electrons. The summed E-state index contributed by atoms with van der Waals surface area (Å²) in [5, 5.41) is 15.6. The van der Waals surface area contributed by atoms with Gasteiger partial charge in [-0.05, 0) is 12.1 Å². The van der Waals surface area contributed by atoms with Crippen molar-refractivity contribution in [2.45, 2.75) is 0 Å². The van der Waals surface area contributed by atoms with E-state index in [9.17, 15) is 19.7 Å². The van der Waals surface area contributed by atoms with Crippen molar-refractivity contribution in [2.75, 3.05) is 35.6 Å². The second-order valence-corrected chi connectivity index (χ2v) is 4.64. The van der Waals surface area contributed by atoms with Gasteiger partial charge in [0, 0.05) is 6.07 Å². The summed E-state index contributed by atoms with van der Waals surface area (Å²) >= 11 is 10.7. The number of carbonyl (C=O) groups excluding carboxylic acids is 2. The van der Waals surface area contributed by atoms with E-state index in [1.165, 1.54) is 12.1 Å². The highest BCUT2D eigenvalue weighted by molar-refractivity contribution is 6.18. The highest BCUT2D eigenvalue weighted by atomic mass is 35.5. The van der Waals surface area contributed by atoms with Crippen molar-refractivity contribution in [3.8, 4) is 0 Å². The summed E-state index contributed by atoms with van der Waals surface area (Å²) in [4.78, 5) is 33.1. The number of nitrogens with zero attached hydrogens (tertiary/aromatic N) is 1. The number of hydrogen-bond acceptors (Lipinski definition) is 6. The molecule has 0 spiro atoms. The predicted molar refractivity (Wildman–Crippen MR) is 84.5 cm³/mol. The number of anilines is 2. The molecule has 0 radical (unpaired) electrons. The molecular weight excluding hydrogens is 353 g/mol. The zero-order chi connectivity index (χ0) is 17.2. The average Bonchev–Trinajstić information content (AvgIpc) is 2.52. The standard InChI is InChI=1S/C12H13Cl2N3O6/c13-3-5-22-11(18)15-8-1-2-9(10(7-8)17(20)21)16-12(19)23-6-4-14/h1-2,7H,3-6H2,(H,15,18)(H,16,19). The zero-order valence-corrected chi connectivity index (χ0v) is 13.2. The maximum atomic E-state index is 11.4. The molecule has 0 saturated heterocycles. The summed E-state index contributed by atoms with van der Waals surface area (Å²) in [7, 11) is 0. The van der Waals surface area contributed by atoms with Crippen LogP contribution < -0.4 is 10.6 Å². The third kappa shape index (κ3) is 6.57. The van der Waals surface area contributed by atoms with Crippen molar-refractivity contribution >= 4 is 52.5 Å². The zero-order valence-electron chi connectivity index (χ0n) is 11.7. The number of rotatable bonds is 7. The van der Waals surface area contributed by atoms with Gasteiger partial charge in [0.1, 0.15) is 18.9 Å². The number of carbonyl (C=O) groups is 2. The number of benzene rings is 1. The summed E-state index contributed by atoms with van der Waals surface area (Å²) in [5.74, 6) is 0.226. The van der Waals surface area contributed by atoms with Crippen LogP contribution in [-0.4, -0.2) is 42.1 Å². The van der Waals surface area contributed by atoms with Crippen LogP contribution in [0, 0.1) is 10.1 Å². The largest absolute Gasteiger partial charge is 0.448 e. The summed E-state index contributed by atoms with van der Waals surface area (Å²) < 4.78 is 9.34. The summed E-state index contributed by atoms with van der Waals surface area (Å²) in [5.41, 5.74) is -0.395. The van der Waals surface area contributed by atoms with Gasteiger partial charge in [-0.1, -0.05) is 0 Å². The van der Waals surface area contributed by atoms with Crippen LogP contribution in [0.1, 0.15) is 0 Å². The lowest BCUT2D eigenvalue weighted by Gasteiger charge is -2.09. The number of ether oxygens (including phenoxy) is 2. The van der Waals surface area contributed by atoms with Gasteiger partial charge in [-0.3, -0.25) is 20.7 Å². The van der Waals surface area contributed by atoms with Crippen molar-refractivity contribution in [3.63, 3.8) is 0 Å². The molecule has 1 rings (SSSR count). The van der Waals surface area contributed by atoms with Gasteiger partial charge in [0.05, 0.1) is 22.4 Å². The van der Waals surface area contributed by atoms with Crippen molar-refractivity contribution in [2.24, 2.45) is 0 Å². The Balaban J connectivity index is 2.83. The van der Waals surface area contributed by atoms with Gasteiger partial charge >= 0.3 is 12.2 Å². The molecule has 1 aromatic carbocycles. The Morgan fingerprint density at radius 2 is 1.65 bits per heavy atom. The van der Waals surface area contributed by atoms with Crippen molar-refractivity contribution < 1.29 is 24.0 Å². The van der Waals surface area contributed by atoms with Crippen LogP contribution in [0.25, 0.3) is 0 Å². The third-order valence-electron chi connectivity index (χ3n) is 2.30. The fraction of sp³-hybridized carbons (Fsp3) is 0.333. The summed E-state index contributed by atoms with van der Waals surface area (Å²) in [6.07, 6.45) is -1.68. The highest BCUT2D eigenvalue weighted by Gasteiger charge is 2.18. The molecule has 0 fully saturated rings. The minimum atomic E-state index is -0.879. The number of nitro benzene ring substituents is 1. The van der Waals surface area contributed by atoms with E-state index in [1.807, 2.05) is 0 Å². The van der Waals surface area contributed by atoms with E-state index in [2.05, 4.69) is 20.1 Å². The monoisotopic (exact) mass is 365 g/mol. The Hall–Kier alpha value is -2.26. The fourth-order valence-electron chi connectivity index (χ4n) is 1.43. The Kier molecular flexibility index (Phi) is 7.92. The number of amides is 2. The first-order valence-electron chi connectivity index (χ1n) is 6.26. The normalized spacial score (nSPS) is 9.83. The quantitative estimate of drug-likeness (QED) is 0.435. The van der Waals surface area contributed by atoms with Gasteiger partial charge < -0.3 is 9.47 Å². The van der Waals surface area contributed by atoms with Crippen molar-refractivity contribution in [1.29, 1.82) is 0 Å². The Labute approximate surface area is 141 Å². The lowest BCUT2D eigenvalue weighted by Crippen LogP contribution is -2.17. The minimum absolute atomic E-state index is 0.00152. The van der Waals surface area contributed by atoms with E-state index in [-0.39, 0.29) is 36.3 Å². The van der Waals surface area contributed by atoms with Crippen LogP contribution in [0.5, 0.6) is 0 Å². The molecule has 0 aliphatic heterocycles. The molecule has 11 heteroatoms. The second-order valence-electron chi connectivity index (χ2n) is 3.89. The van der Waals surface area contributed by atoms with E-state index in [0.29, 0.717) is 0 Å². The minimum Gasteiger partial charge on any atom is -0.448 e. The number of nitrogens with one attached hydrogen (secondary N) is 2. The van der Waals surface area contributed by atoms with E-state index in [1.54, 1.807) is 0 Å². The van der Waals surface area contributed by atoms with Crippen LogP contribution in [0.4, 0.5) is 26.7 Å². The van der Waals surface area contributed by atoms with E-state index in [0.717, 1.165) is 6.07 Å². The molecule has 0 heterocycles. The molecule has 0 atom stereocenters. The Morgan fingerprint density at radius 1 is 1.09 bits per heavy atom. The van der Waals surface area contributed by atoms with Crippen LogP contribution in [0.3, 0.4) is 0 Å². The molecule has 0 saturated carbocycles. The molecule has 0 aliphatic carbocycles. The van der Waals surface area contributed by atoms with Crippen LogP contribution in [0.15, 0.2) is 18.2 Å². The van der Waals surface area contributed by atoms with E-state index >= 15 is 0 Å². The topological polar surface area (TPSA) is 120 Å². The van der Waals surface area contributed by atoms with Crippen molar-refractivity contribution in [3.05, 3.63) is 28.3 Å². The third-order valence-corrected chi connectivity index (χ3v) is 2.61. The molecule has 2 amide bonds. The fourth-order valence-corrected chi connectivity index (χ4v) is 1.58. The maximum Gasteiger partial charge on any atom is 0.411 e. The maximum absolute atomic E-state index is 11.4. The number of halogens is 2. The first-order chi connectivity index (χ1) is 11.0. The van der Waals surface area contributed by atoms with Crippen LogP contribution in [0.2, 0.25) is 0 Å². The molecule has 2 N–H and O–H groups in total. The van der Waals surface area contributed by atoms with Gasteiger partial charge in [0.25, 0.3) is 5.69 Å². The molecule has 0 aromatic heterocycles. The van der Waals surface area contributed by atoms with Gasteiger partial charge in [-0.25, -0.2) is 9.59 Å². The molecular formula is C12H13Cl2N3O6. The molecule has 0 aliphatic rings. The summed E-state index contributed by atoms with van der Waals surface area (Å²) in [6, 6.07) is 3.67. The molecule has 0 bridgehead atoms. The van der Waals surface area contributed by atoms with E-state index < -0.39 is 22.8 Å².